The van der Waals surface area contributed by atoms with Crippen LogP contribution in [0.25, 0.3) is 0 Å². The fourth-order valence-corrected chi connectivity index (χ4v) is 2.03. The Morgan fingerprint density at radius 2 is 2.11 bits per heavy atom. The van der Waals surface area contributed by atoms with E-state index in [9.17, 15) is 8.78 Å². The predicted octanol–water partition coefficient (Wildman–Crippen LogP) is 2.49. The Bertz CT molecular complexity index is 452. The first-order chi connectivity index (χ1) is 9.22. The Hall–Kier alpha value is -1.66. The van der Waals surface area contributed by atoms with Gasteiger partial charge in [-0.2, -0.15) is 8.78 Å². The number of benzene rings is 1. The third-order valence-electron chi connectivity index (χ3n) is 2.86. The van der Waals surface area contributed by atoms with Gasteiger partial charge in [-0.1, -0.05) is 18.2 Å². The van der Waals surface area contributed by atoms with E-state index >= 15 is 0 Å². The van der Waals surface area contributed by atoms with Crippen molar-refractivity contribution in [1.82, 2.24) is 5.43 Å². The number of ether oxygens (including phenoxy) is 2. The Morgan fingerprint density at radius 1 is 1.32 bits per heavy atom. The van der Waals surface area contributed by atoms with E-state index in [1.807, 2.05) is 6.08 Å². The van der Waals surface area contributed by atoms with Crippen LogP contribution in [-0.4, -0.2) is 13.2 Å². The molecule has 1 aromatic carbocycles. The summed E-state index contributed by atoms with van der Waals surface area (Å²) in [4.78, 5) is 0. The lowest BCUT2D eigenvalue weighted by Gasteiger charge is -2.25. The first-order valence-electron chi connectivity index (χ1n) is 6.05. The minimum atomic E-state index is -2.87. The van der Waals surface area contributed by atoms with Crippen LogP contribution in [-0.2, 0) is 4.74 Å². The van der Waals surface area contributed by atoms with Gasteiger partial charge in [-0.15, -0.1) is 0 Å². The molecule has 1 heterocycles. The zero-order valence-electron chi connectivity index (χ0n) is 10.3. The molecule has 0 aliphatic carbocycles. The maximum Gasteiger partial charge on any atom is 0.387 e. The molecule has 0 saturated heterocycles. The average molecular weight is 270 g/mol. The first kappa shape index (κ1) is 13.8. The lowest BCUT2D eigenvalue weighted by Crippen LogP contribution is -2.31. The molecule has 1 unspecified atom stereocenters. The quantitative estimate of drug-likeness (QED) is 0.637. The van der Waals surface area contributed by atoms with Gasteiger partial charge >= 0.3 is 6.61 Å². The van der Waals surface area contributed by atoms with Crippen molar-refractivity contribution in [2.24, 2.45) is 5.84 Å². The van der Waals surface area contributed by atoms with Crippen molar-refractivity contribution in [3.63, 3.8) is 0 Å². The van der Waals surface area contributed by atoms with Crippen molar-refractivity contribution in [2.45, 2.75) is 25.5 Å². The molecule has 1 aliphatic rings. The van der Waals surface area contributed by atoms with E-state index in [0.29, 0.717) is 17.9 Å². The minimum Gasteiger partial charge on any atom is -0.496 e. The number of hydrogen-bond donors (Lipinski definition) is 2. The van der Waals surface area contributed by atoms with E-state index in [4.69, 9.17) is 10.6 Å². The number of halogens is 2. The number of alkyl halides is 2. The minimum absolute atomic E-state index is 0.0931. The number of hydrogen-bond acceptors (Lipinski definition) is 4. The molecule has 4 nitrogen and oxygen atoms in total. The molecule has 0 spiro atoms. The molecule has 6 heteroatoms. The average Bonchev–Trinajstić information content (AvgIpc) is 2.42. The lowest BCUT2D eigenvalue weighted by molar-refractivity contribution is -0.0508. The number of nitrogens with one attached hydrogen (secondary N) is 1. The van der Waals surface area contributed by atoms with Gasteiger partial charge in [-0.25, -0.2) is 5.43 Å². The molecule has 0 bridgehead atoms. The number of para-hydroxylation sites is 1. The SMILES string of the molecule is NNC(C1=CCCCO1)c1ccccc1OC(F)F. The van der Waals surface area contributed by atoms with Gasteiger partial charge in [0.25, 0.3) is 0 Å². The standard InChI is InChI=1S/C13H16F2N2O2/c14-13(15)19-10-6-2-1-5-9(10)12(17-16)11-7-3-4-8-18-11/h1-2,5-7,12-13,17H,3-4,8,16H2. The number of rotatable bonds is 5. The van der Waals surface area contributed by atoms with E-state index in [0.717, 1.165) is 12.8 Å². The molecule has 19 heavy (non-hydrogen) atoms. The summed E-state index contributed by atoms with van der Waals surface area (Å²) in [6.07, 6.45) is 3.73. The summed E-state index contributed by atoms with van der Waals surface area (Å²) in [6.45, 7) is -2.28. The molecular formula is C13H16F2N2O2. The van der Waals surface area contributed by atoms with Crippen LogP contribution in [0.1, 0.15) is 24.4 Å². The first-order valence-corrected chi connectivity index (χ1v) is 6.05. The fraction of sp³-hybridized carbons (Fsp3) is 0.385. The highest BCUT2D eigenvalue weighted by atomic mass is 19.3. The molecule has 0 aromatic heterocycles. The zero-order chi connectivity index (χ0) is 13.7. The summed E-state index contributed by atoms with van der Waals surface area (Å²) in [5.74, 6) is 6.25. The predicted molar refractivity (Wildman–Crippen MR) is 66.4 cm³/mol. The second-order valence-corrected chi connectivity index (χ2v) is 4.11. The third-order valence-corrected chi connectivity index (χ3v) is 2.86. The fourth-order valence-electron chi connectivity index (χ4n) is 2.03. The van der Waals surface area contributed by atoms with Crippen LogP contribution in [0, 0.1) is 0 Å². The molecule has 3 N–H and O–H groups in total. The molecular weight excluding hydrogens is 254 g/mol. The smallest absolute Gasteiger partial charge is 0.387 e. The summed E-state index contributed by atoms with van der Waals surface area (Å²) in [6, 6.07) is 6.04. The van der Waals surface area contributed by atoms with E-state index in [-0.39, 0.29) is 5.75 Å². The molecule has 0 radical (unpaired) electrons. The van der Waals surface area contributed by atoms with Crippen LogP contribution in [0.2, 0.25) is 0 Å². The van der Waals surface area contributed by atoms with Crippen LogP contribution in [0.3, 0.4) is 0 Å². The van der Waals surface area contributed by atoms with Crippen molar-refractivity contribution >= 4 is 0 Å². The number of hydrazine groups is 1. The highest BCUT2D eigenvalue weighted by Gasteiger charge is 2.23. The molecule has 0 fully saturated rings. The van der Waals surface area contributed by atoms with Crippen LogP contribution < -0.4 is 16.0 Å². The van der Waals surface area contributed by atoms with Gasteiger partial charge in [0.05, 0.1) is 6.61 Å². The molecule has 1 atom stereocenters. The number of nitrogens with two attached hydrogens (primary N) is 1. The van der Waals surface area contributed by atoms with Crippen LogP contribution in [0.5, 0.6) is 5.75 Å². The normalized spacial score (nSPS) is 16.7. The van der Waals surface area contributed by atoms with Crippen LogP contribution in [0.4, 0.5) is 8.78 Å². The van der Waals surface area contributed by atoms with Crippen LogP contribution in [0.15, 0.2) is 36.1 Å². The molecule has 0 amide bonds. The van der Waals surface area contributed by atoms with Gasteiger partial charge in [0.2, 0.25) is 0 Å². The highest BCUT2D eigenvalue weighted by Crippen LogP contribution is 2.32. The third kappa shape index (κ3) is 3.42. The van der Waals surface area contributed by atoms with E-state index in [2.05, 4.69) is 10.2 Å². The zero-order valence-corrected chi connectivity index (χ0v) is 10.3. The van der Waals surface area contributed by atoms with Crippen molar-refractivity contribution in [1.29, 1.82) is 0 Å². The summed E-state index contributed by atoms with van der Waals surface area (Å²) in [5.41, 5.74) is 3.11. The van der Waals surface area contributed by atoms with Crippen molar-refractivity contribution < 1.29 is 18.3 Å². The Morgan fingerprint density at radius 3 is 2.74 bits per heavy atom. The Labute approximate surface area is 110 Å². The summed E-state index contributed by atoms with van der Waals surface area (Å²) < 4.78 is 34.8. The van der Waals surface area contributed by atoms with Gasteiger partial charge < -0.3 is 9.47 Å². The van der Waals surface area contributed by atoms with Crippen molar-refractivity contribution in [3.05, 3.63) is 41.7 Å². The van der Waals surface area contributed by atoms with Gasteiger partial charge in [0.15, 0.2) is 0 Å². The van der Waals surface area contributed by atoms with E-state index in [1.165, 1.54) is 6.07 Å². The van der Waals surface area contributed by atoms with Gasteiger partial charge in [-0.3, -0.25) is 5.84 Å². The second kappa shape index (κ2) is 6.49. The van der Waals surface area contributed by atoms with Crippen LogP contribution >= 0.6 is 0 Å². The van der Waals surface area contributed by atoms with Gasteiger partial charge in [0.1, 0.15) is 17.6 Å². The Balaban J connectivity index is 2.29. The topological polar surface area (TPSA) is 56.5 Å². The molecule has 104 valence electrons. The lowest BCUT2D eigenvalue weighted by atomic mass is 10.0. The maximum absolute atomic E-state index is 12.4. The molecule has 1 aliphatic heterocycles. The van der Waals surface area contributed by atoms with Gasteiger partial charge in [0, 0.05) is 5.56 Å². The molecule has 0 saturated carbocycles. The summed E-state index contributed by atoms with van der Waals surface area (Å²) in [5, 5.41) is 0. The van der Waals surface area contributed by atoms with E-state index < -0.39 is 12.7 Å². The second-order valence-electron chi connectivity index (χ2n) is 4.11. The van der Waals surface area contributed by atoms with Crippen molar-refractivity contribution in [3.8, 4) is 5.75 Å². The molecule has 2 rings (SSSR count). The number of allylic oxidation sites excluding steroid dienone is 1. The van der Waals surface area contributed by atoms with Crippen molar-refractivity contribution in [2.75, 3.05) is 6.61 Å². The van der Waals surface area contributed by atoms with Gasteiger partial charge in [-0.05, 0) is 25.0 Å². The highest BCUT2D eigenvalue weighted by molar-refractivity contribution is 5.39. The summed E-state index contributed by atoms with van der Waals surface area (Å²) >= 11 is 0. The molecule has 1 aromatic rings. The largest absolute Gasteiger partial charge is 0.496 e. The monoisotopic (exact) mass is 270 g/mol. The summed E-state index contributed by atoms with van der Waals surface area (Å²) in [7, 11) is 0. The van der Waals surface area contributed by atoms with E-state index in [1.54, 1.807) is 18.2 Å². The Kier molecular flexibility index (Phi) is 4.70. The maximum atomic E-state index is 12.4.